The van der Waals surface area contributed by atoms with Crippen LogP contribution in [-0.2, 0) is 6.54 Å². The first kappa shape index (κ1) is 10.6. The van der Waals surface area contributed by atoms with Crippen molar-refractivity contribution < 1.29 is 0 Å². The summed E-state index contributed by atoms with van der Waals surface area (Å²) in [5.74, 6) is 0. The van der Waals surface area contributed by atoms with Crippen molar-refractivity contribution in [2.75, 3.05) is 0 Å². The van der Waals surface area contributed by atoms with Crippen LogP contribution >= 0.6 is 22.9 Å². The molecule has 0 saturated heterocycles. The highest BCUT2D eigenvalue weighted by Crippen LogP contribution is 2.34. The molecule has 0 fully saturated rings. The molecule has 0 unspecified atom stereocenters. The number of rotatable bonds is 2. The number of aromatic nitrogens is 1. The first-order chi connectivity index (χ1) is 7.22. The normalized spacial score (nSPS) is 10.6. The van der Waals surface area contributed by atoms with Gasteiger partial charge in [0, 0.05) is 17.1 Å². The first-order valence-corrected chi connectivity index (χ1v) is 5.83. The van der Waals surface area contributed by atoms with E-state index >= 15 is 0 Å². The highest BCUT2D eigenvalue weighted by atomic mass is 35.5. The highest BCUT2D eigenvalue weighted by molar-refractivity contribution is 7.15. The summed E-state index contributed by atoms with van der Waals surface area (Å²) in [5.41, 5.74) is 7.59. The molecule has 0 atom stereocenters. The van der Waals surface area contributed by atoms with E-state index in [-0.39, 0.29) is 0 Å². The number of nitrogens with zero attached hydrogens (tertiary/aromatic N) is 1. The van der Waals surface area contributed by atoms with Crippen molar-refractivity contribution in [3.8, 4) is 10.4 Å². The zero-order valence-electron chi connectivity index (χ0n) is 8.33. The van der Waals surface area contributed by atoms with Crippen LogP contribution in [0.1, 0.15) is 10.7 Å². The van der Waals surface area contributed by atoms with Crippen LogP contribution in [0.2, 0.25) is 5.02 Å². The van der Waals surface area contributed by atoms with Crippen molar-refractivity contribution >= 4 is 22.9 Å². The van der Waals surface area contributed by atoms with Gasteiger partial charge in [-0.2, -0.15) is 0 Å². The fourth-order valence-electron chi connectivity index (χ4n) is 1.43. The van der Waals surface area contributed by atoms with Crippen molar-refractivity contribution in [2.45, 2.75) is 13.5 Å². The Hall–Kier alpha value is -0.900. The molecule has 1 aromatic heterocycles. The van der Waals surface area contributed by atoms with Crippen molar-refractivity contribution in [2.24, 2.45) is 5.73 Å². The second kappa shape index (κ2) is 4.31. The fraction of sp³-hybridized carbons (Fsp3) is 0.182. The van der Waals surface area contributed by atoms with Crippen LogP contribution in [0.15, 0.2) is 24.3 Å². The van der Waals surface area contributed by atoms with Gasteiger partial charge < -0.3 is 5.73 Å². The van der Waals surface area contributed by atoms with Crippen molar-refractivity contribution in [1.82, 2.24) is 4.98 Å². The Kier molecular flexibility index (Phi) is 3.05. The van der Waals surface area contributed by atoms with E-state index in [0.29, 0.717) is 6.54 Å². The second-order valence-corrected chi connectivity index (χ2v) is 4.70. The molecule has 1 aromatic carbocycles. The third-order valence-electron chi connectivity index (χ3n) is 2.13. The molecule has 4 heteroatoms. The van der Waals surface area contributed by atoms with Gasteiger partial charge in [0.15, 0.2) is 0 Å². The molecule has 2 N–H and O–H groups in total. The first-order valence-electron chi connectivity index (χ1n) is 4.63. The largest absolute Gasteiger partial charge is 0.325 e. The predicted molar refractivity (Wildman–Crippen MR) is 65.2 cm³/mol. The number of hydrogen-bond acceptors (Lipinski definition) is 3. The maximum atomic E-state index is 6.13. The maximum Gasteiger partial charge on any atom is 0.107 e. The summed E-state index contributed by atoms with van der Waals surface area (Å²) in [6, 6.07) is 7.79. The molecule has 2 aromatic rings. The van der Waals surface area contributed by atoms with E-state index in [9.17, 15) is 0 Å². The summed E-state index contributed by atoms with van der Waals surface area (Å²) < 4.78 is 0. The molecule has 1 heterocycles. The van der Waals surface area contributed by atoms with Crippen LogP contribution in [0.4, 0.5) is 0 Å². The lowest BCUT2D eigenvalue weighted by Gasteiger charge is -2.00. The summed E-state index contributed by atoms with van der Waals surface area (Å²) in [6.07, 6.45) is 0. The van der Waals surface area contributed by atoms with Crippen LogP contribution in [-0.4, -0.2) is 4.98 Å². The van der Waals surface area contributed by atoms with Crippen LogP contribution < -0.4 is 5.73 Å². The van der Waals surface area contributed by atoms with Gasteiger partial charge in [-0.1, -0.05) is 29.8 Å². The van der Waals surface area contributed by atoms with Gasteiger partial charge >= 0.3 is 0 Å². The minimum absolute atomic E-state index is 0.482. The minimum Gasteiger partial charge on any atom is -0.325 e. The third-order valence-corrected chi connectivity index (χ3v) is 3.68. The van der Waals surface area contributed by atoms with E-state index in [1.165, 1.54) is 0 Å². The average molecular weight is 239 g/mol. The Morgan fingerprint density at radius 3 is 2.73 bits per heavy atom. The van der Waals surface area contributed by atoms with Crippen molar-refractivity contribution in [3.63, 3.8) is 0 Å². The molecule has 0 bridgehead atoms. The molecule has 0 aliphatic heterocycles. The second-order valence-electron chi connectivity index (χ2n) is 3.21. The Labute approximate surface area is 97.7 Å². The summed E-state index contributed by atoms with van der Waals surface area (Å²) in [6.45, 7) is 2.46. The van der Waals surface area contributed by atoms with Gasteiger partial charge in [0.1, 0.15) is 5.01 Å². The maximum absolute atomic E-state index is 6.13. The van der Waals surface area contributed by atoms with Gasteiger partial charge in [-0.25, -0.2) is 4.98 Å². The summed E-state index contributed by atoms with van der Waals surface area (Å²) in [5, 5.41) is 1.70. The highest BCUT2D eigenvalue weighted by Gasteiger charge is 2.10. The quantitative estimate of drug-likeness (QED) is 0.873. The third kappa shape index (κ3) is 2.04. The summed E-state index contributed by atoms with van der Waals surface area (Å²) in [4.78, 5) is 5.49. The standard InChI is InChI=1S/C11H11ClN2S/c1-7-11(15-10(6-13)14-7)8-4-2-3-5-9(8)12/h2-5H,6,13H2,1H3. The molecule has 2 rings (SSSR count). The zero-order chi connectivity index (χ0) is 10.8. The molecule has 15 heavy (non-hydrogen) atoms. The van der Waals surface area contributed by atoms with Gasteiger partial charge in [-0.3, -0.25) is 0 Å². The lowest BCUT2D eigenvalue weighted by Crippen LogP contribution is -1.94. The Morgan fingerprint density at radius 1 is 1.40 bits per heavy atom. The monoisotopic (exact) mass is 238 g/mol. The molecule has 0 aliphatic rings. The molecule has 0 amide bonds. The average Bonchev–Trinajstić information content (AvgIpc) is 2.60. The lowest BCUT2D eigenvalue weighted by molar-refractivity contribution is 1.02. The lowest BCUT2D eigenvalue weighted by atomic mass is 10.2. The molecule has 0 aliphatic carbocycles. The molecule has 0 saturated carbocycles. The molecule has 78 valence electrons. The fourth-order valence-corrected chi connectivity index (χ4v) is 2.70. The van der Waals surface area contributed by atoms with Crippen LogP contribution in [0.5, 0.6) is 0 Å². The molecule has 0 radical (unpaired) electrons. The van der Waals surface area contributed by atoms with Gasteiger partial charge in [-0.15, -0.1) is 11.3 Å². The van der Waals surface area contributed by atoms with E-state index in [2.05, 4.69) is 4.98 Å². The molecular weight excluding hydrogens is 228 g/mol. The van der Waals surface area contributed by atoms with E-state index in [1.807, 2.05) is 31.2 Å². The predicted octanol–water partition coefficient (Wildman–Crippen LogP) is 3.23. The smallest absolute Gasteiger partial charge is 0.107 e. The number of aryl methyl sites for hydroxylation is 1. The summed E-state index contributed by atoms with van der Waals surface area (Å²) in [7, 11) is 0. The van der Waals surface area contributed by atoms with Crippen molar-refractivity contribution in [3.05, 3.63) is 40.0 Å². The summed E-state index contributed by atoms with van der Waals surface area (Å²) >= 11 is 7.74. The number of nitrogens with two attached hydrogens (primary N) is 1. The van der Waals surface area contributed by atoms with E-state index in [4.69, 9.17) is 17.3 Å². The van der Waals surface area contributed by atoms with E-state index in [1.54, 1.807) is 11.3 Å². The van der Waals surface area contributed by atoms with Crippen LogP contribution in [0.25, 0.3) is 10.4 Å². The van der Waals surface area contributed by atoms with E-state index in [0.717, 1.165) is 26.2 Å². The van der Waals surface area contributed by atoms with Crippen molar-refractivity contribution in [1.29, 1.82) is 0 Å². The van der Waals surface area contributed by atoms with Crippen LogP contribution in [0, 0.1) is 6.92 Å². The van der Waals surface area contributed by atoms with Gasteiger partial charge in [0.05, 0.1) is 10.6 Å². The number of thiazole rings is 1. The number of benzene rings is 1. The zero-order valence-corrected chi connectivity index (χ0v) is 9.90. The Balaban J connectivity index is 2.54. The van der Waals surface area contributed by atoms with Gasteiger partial charge in [-0.05, 0) is 13.0 Å². The molecular formula is C11H11ClN2S. The van der Waals surface area contributed by atoms with Gasteiger partial charge in [0.25, 0.3) is 0 Å². The topological polar surface area (TPSA) is 38.9 Å². The number of hydrogen-bond donors (Lipinski definition) is 1. The van der Waals surface area contributed by atoms with Crippen LogP contribution in [0.3, 0.4) is 0 Å². The van der Waals surface area contributed by atoms with Gasteiger partial charge in [0.2, 0.25) is 0 Å². The molecule has 2 nitrogen and oxygen atoms in total. The van der Waals surface area contributed by atoms with E-state index < -0.39 is 0 Å². The SMILES string of the molecule is Cc1nc(CN)sc1-c1ccccc1Cl. The Morgan fingerprint density at radius 2 is 2.13 bits per heavy atom. The molecule has 0 spiro atoms. The number of halogens is 1. The minimum atomic E-state index is 0.482. The Bertz CT molecular complexity index is 479.